The van der Waals surface area contributed by atoms with E-state index >= 15 is 0 Å². The zero-order chi connectivity index (χ0) is 13.9. The fourth-order valence-electron chi connectivity index (χ4n) is 4.46. The van der Waals surface area contributed by atoms with E-state index in [1.54, 1.807) is 19.4 Å². The van der Waals surface area contributed by atoms with Gasteiger partial charge >= 0.3 is 131 Å². The standard InChI is InChI=1S/2C9H7.C2H4.2FH.Zr/c2*1-2-5-9-7-3-6-8(9)4-1;1-2;;;/h2*1-7H;1-2H2;2*1H;/q;;;;;+2/p-2. The Hall–Kier alpha value is -1.34. The van der Waals surface area contributed by atoms with Gasteiger partial charge in [-0.25, -0.2) is 0 Å². The van der Waals surface area contributed by atoms with Crippen molar-refractivity contribution in [1.29, 1.82) is 0 Å². The van der Waals surface area contributed by atoms with Crippen LogP contribution in [0.1, 0.15) is 29.5 Å². The van der Waals surface area contributed by atoms with Gasteiger partial charge < -0.3 is 9.41 Å². The molecule has 0 bridgehead atoms. The van der Waals surface area contributed by atoms with Gasteiger partial charge in [-0.2, -0.15) is 0 Å². The van der Waals surface area contributed by atoms with Gasteiger partial charge in [0.1, 0.15) is 0 Å². The summed E-state index contributed by atoms with van der Waals surface area (Å²) in [6.07, 6.45) is 9.84. The molecule has 0 amide bonds. The summed E-state index contributed by atoms with van der Waals surface area (Å²) in [5.74, 6) is 0. The van der Waals surface area contributed by atoms with Crippen molar-refractivity contribution < 1.29 is 29.7 Å². The van der Waals surface area contributed by atoms with Gasteiger partial charge in [0.15, 0.2) is 0 Å². The minimum absolute atomic E-state index is 0. The molecular weight excluding hydrogens is 369 g/mol. The predicted molar refractivity (Wildman–Crippen MR) is 86.0 cm³/mol. The van der Waals surface area contributed by atoms with Gasteiger partial charge in [0.05, 0.1) is 0 Å². The molecule has 2 aromatic carbocycles. The summed E-state index contributed by atoms with van der Waals surface area (Å²) in [6.45, 7) is 0. The van der Waals surface area contributed by atoms with Crippen LogP contribution in [0.4, 0.5) is 0 Å². The van der Waals surface area contributed by atoms with Gasteiger partial charge in [0.25, 0.3) is 0 Å². The van der Waals surface area contributed by atoms with Crippen LogP contribution in [0.3, 0.4) is 0 Å². The van der Waals surface area contributed by atoms with Crippen LogP contribution in [0.15, 0.2) is 60.7 Å². The van der Waals surface area contributed by atoms with Crippen molar-refractivity contribution in [2.75, 3.05) is 0 Å². The van der Waals surface area contributed by atoms with Crippen LogP contribution < -0.4 is 9.41 Å². The maximum atomic E-state index is 2.54. The zero-order valence-corrected chi connectivity index (χ0v) is 15.2. The van der Waals surface area contributed by atoms with Gasteiger partial charge in [0.2, 0.25) is 0 Å². The number of allylic oxidation sites excluding steroid dienone is 2. The van der Waals surface area contributed by atoms with Crippen molar-refractivity contribution in [2.24, 2.45) is 0 Å². The van der Waals surface area contributed by atoms with Gasteiger partial charge in [0, 0.05) is 0 Å². The van der Waals surface area contributed by atoms with Crippen LogP contribution >= 0.6 is 0 Å². The van der Waals surface area contributed by atoms with Gasteiger partial charge in [-0.1, -0.05) is 0 Å². The normalized spacial score (nSPS) is 23.0. The van der Waals surface area contributed by atoms with Crippen LogP contribution in [0.2, 0.25) is 8.26 Å². The fraction of sp³-hybridized carbons (Fsp3) is 0.200. The van der Waals surface area contributed by atoms with Crippen molar-refractivity contribution in [3.8, 4) is 0 Å². The first-order valence-electron chi connectivity index (χ1n) is 7.93. The van der Waals surface area contributed by atoms with Crippen LogP contribution in [0, 0.1) is 0 Å². The molecule has 0 nitrogen and oxygen atoms in total. The quantitative estimate of drug-likeness (QED) is 0.654. The number of benzene rings is 2. The monoisotopic (exact) mass is 386 g/mol. The molecule has 1 heterocycles. The predicted octanol–water partition coefficient (Wildman–Crippen LogP) is -0.465. The van der Waals surface area contributed by atoms with Crippen molar-refractivity contribution in [3.63, 3.8) is 0 Å². The molecule has 3 heteroatoms. The van der Waals surface area contributed by atoms with Crippen molar-refractivity contribution >= 4 is 12.2 Å². The van der Waals surface area contributed by atoms with Crippen molar-refractivity contribution in [2.45, 2.75) is 15.5 Å². The van der Waals surface area contributed by atoms with Crippen molar-refractivity contribution in [3.05, 3.63) is 82.9 Å². The SMILES string of the molecule is C1=C[CH]([Zr+2]2([CH]3C=Cc4ccccc43)[CH2][CH2]2)c2ccccc21.[F-].[F-]. The van der Waals surface area contributed by atoms with Crippen LogP contribution in [-0.2, 0) is 20.3 Å². The van der Waals surface area contributed by atoms with E-state index in [1.807, 2.05) is 0 Å². The average molecular weight is 388 g/mol. The number of hydrogen-bond acceptors (Lipinski definition) is 0. The molecule has 1 aliphatic heterocycles. The van der Waals surface area contributed by atoms with E-state index in [1.165, 1.54) is 11.1 Å². The molecule has 0 saturated carbocycles. The molecular formula is C20H18F2Zr. The zero-order valence-electron chi connectivity index (χ0n) is 12.8. The van der Waals surface area contributed by atoms with E-state index in [9.17, 15) is 0 Å². The molecule has 2 unspecified atom stereocenters. The van der Waals surface area contributed by atoms with E-state index in [0.29, 0.717) is 0 Å². The average Bonchev–Trinajstić information content (AvgIpc) is 3.03. The summed E-state index contributed by atoms with van der Waals surface area (Å²) in [7, 11) is 0. The Bertz CT molecular complexity index is 726. The number of halogens is 2. The summed E-state index contributed by atoms with van der Waals surface area (Å²) < 4.78 is 4.72. The molecule has 5 rings (SSSR count). The topological polar surface area (TPSA) is 0 Å². The van der Waals surface area contributed by atoms with E-state index in [2.05, 4.69) is 72.8 Å². The Morgan fingerprint density at radius 2 is 1.09 bits per heavy atom. The summed E-state index contributed by atoms with van der Waals surface area (Å²) in [4.78, 5) is 0. The molecule has 2 aliphatic carbocycles. The maximum absolute atomic E-state index is 2.54. The van der Waals surface area contributed by atoms with E-state index in [-0.39, 0.29) is 9.41 Å². The number of hydrogen-bond donors (Lipinski definition) is 0. The van der Waals surface area contributed by atoms with Crippen molar-refractivity contribution in [1.82, 2.24) is 0 Å². The second kappa shape index (κ2) is 5.94. The van der Waals surface area contributed by atoms with E-state index in [4.69, 9.17) is 0 Å². The number of fused-ring (bicyclic) bond motifs is 2. The molecule has 1 saturated heterocycles. The molecule has 0 spiro atoms. The first-order valence-corrected chi connectivity index (χ1v) is 14.2. The summed E-state index contributed by atoms with van der Waals surface area (Å²) in [6, 6.07) is 18.1. The molecule has 116 valence electrons. The van der Waals surface area contributed by atoms with Gasteiger partial charge in [-0.15, -0.1) is 0 Å². The third-order valence-electron chi connectivity index (χ3n) is 5.66. The second-order valence-electron chi connectivity index (χ2n) is 6.66. The van der Waals surface area contributed by atoms with Crippen LogP contribution in [0.25, 0.3) is 12.2 Å². The Morgan fingerprint density at radius 1 is 0.652 bits per heavy atom. The Kier molecular flexibility index (Phi) is 4.27. The minimum Gasteiger partial charge on any atom is -1.00 e. The van der Waals surface area contributed by atoms with Gasteiger partial charge in [-0.3, -0.25) is 0 Å². The largest absolute Gasteiger partial charge is 1.00 e. The first kappa shape index (κ1) is 16.5. The minimum atomic E-state index is -2.13. The van der Waals surface area contributed by atoms with Crippen LogP contribution in [0.5, 0.6) is 0 Å². The summed E-state index contributed by atoms with van der Waals surface area (Å²) in [5.41, 5.74) is 6.20. The molecule has 0 radical (unpaired) electrons. The molecule has 0 N–H and O–H groups in total. The summed E-state index contributed by atoms with van der Waals surface area (Å²) in [5, 5.41) is 0. The maximum Gasteiger partial charge on any atom is -1.00 e. The molecule has 1 fully saturated rings. The number of rotatable bonds is 2. The summed E-state index contributed by atoms with van der Waals surface area (Å²) >= 11 is -2.13. The third kappa shape index (κ3) is 2.32. The molecule has 23 heavy (non-hydrogen) atoms. The first-order chi connectivity index (χ1) is 10.4. The molecule has 2 atom stereocenters. The molecule has 0 aromatic heterocycles. The Balaban J connectivity index is 0.000000781. The van der Waals surface area contributed by atoms with Crippen LogP contribution in [-0.4, -0.2) is 0 Å². The smallest absolute Gasteiger partial charge is 1.00 e. The second-order valence-corrected chi connectivity index (χ2v) is 18.2. The van der Waals surface area contributed by atoms with E-state index in [0.717, 1.165) is 7.25 Å². The van der Waals surface area contributed by atoms with E-state index < -0.39 is 20.3 Å². The third-order valence-corrected chi connectivity index (χ3v) is 18.3. The Morgan fingerprint density at radius 3 is 1.52 bits per heavy atom. The van der Waals surface area contributed by atoms with Gasteiger partial charge in [-0.05, 0) is 0 Å². The fourth-order valence-corrected chi connectivity index (χ4v) is 20.1. The molecule has 3 aliphatic rings. The molecule has 2 aromatic rings. The Labute approximate surface area is 140 Å².